The van der Waals surface area contributed by atoms with Gasteiger partial charge in [0.2, 0.25) is 5.91 Å². The van der Waals surface area contributed by atoms with Crippen LogP contribution < -0.4 is 10.6 Å². The Labute approximate surface area is 158 Å². The lowest BCUT2D eigenvalue weighted by molar-refractivity contribution is -0.116. The summed E-state index contributed by atoms with van der Waals surface area (Å²) in [6.45, 7) is 2.87. The molecule has 2 N–H and O–H groups in total. The van der Waals surface area contributed by atoms with Crippen molar-refractivity contribution in [3.63, 3.8) is 0 Å². The van der Waals surface area contributed by atoms with Crippen molar-refractivity contribution in [1.29, 1.82) is 0 Å². The van der Waals surface area contributed by atoms with Gasteiger partial charge >= 0.3 is 0 Å². The summed E-state index contributed by atoms with van der Waals surface area (Å²) in [5.74, 6) is 3.63. The van der Waals surface area contributed by atoms with E-state index in [4.69, 9.17) is 0 Å². The Morgan fingerprint density at radius 1 is 1.42 bits per heavy atom. The summed E-state index contributed by atoms with van der Waals surface area (Å²) in [5.41, 5.74) is 0.706. The van der Waals surface area contributed by atoms with Gasteiger partial charge in [0.15, 0.2) is 5.82 Å². The van der Waals surface area contributed by atoms with Crippen LogP contribution in [0, 0.1) is 6.92 Å². The molecule has 0 radical (unpaired) electrons. The minimum atomic E-state index is 0. The zero-order valence-electron chi connectivity index (χ0n) is 13.3. The van der Waals surface area contributed by atoms with E-state index in [1.165, 1.54) is 0 Å². The molecule has 132 valence electrons. The Bertz CT molecular complexity index is 661. The standard InChI is InChI=1S/C15H19N5OS.2ClH/c1-11-16-5-7-20(11)15-13(3-2-4-18-15)19-14(21)9-12-10-22-8-6-17-12;;/h2-5,7,12,17H,6,8-10H2,1H3,(H,19,21);2*1H. The molecule has 1 amide bonds. The number of halogens is 2. The third-order valence-corrected chi connectivity index (χ3v) is 4.68. The number of aryl methyl sites for hydroxylation is 1. The number of pyridine rings is 1. The third kappa shape index (κ3) is 5.11. The molecule has 0 bridgehead atoms. The Morgan fingerprint density at radius 2 is 2.25 bits per heavy atom. The fraction of sp³-hybridized carbons (Fsp3) is 0.400. The molecule has 1 aliphatic rings. The first kappa shape index (κ1) is 20.8. The van der Waals surface area contributed by atoms with Crippen LogP contribution in [0.2, 0.25) is 0 Å². The maximum absolute atomic E-state index is 12.3. The van der Waals surface area contributed by atoms with Gasteiger partial charge in [0.05, 0.1) is 5.69 Å². The molecule has 0 aromatic carbocycles. The SMILES string of the molecule is Cc1nccn1-c1ncccc1NC(=O)CC1CSCCN1.Cl.Cl. The molecule has 2 aromatic rings. The number of hydrogen-bond acceptors (Lipinski definition) is 5. The normalized spacial score (nSPS) is 16.6. The molecular formula is C15H21Cl2N5OS. The molecule has 1 atom stereocenters. The minimum Gasteiger partial charge on any atom is -0.323 e. The predicted molar refractivity (Wildman–Crippen MR) is 103 cm³/mol. The van der Waals surface area contributed by atoms with E-state index in [1.807, 2.05) is 41.6 Å². The van der Waals surface area contributed by atoms with Crippen LogP contribution in [0.3, 0.4) is 0 Å². The van der Waals surface area contributed by atoms with Crippen molar-refractivity contribution in [3.8, 4) is 5.82 Å². The largest absolute Gasteiger partial charge is 0.323 e. The van der Waals surface area contributed by atoms with Crippen molar-refractivity contribution in [3.05, 3.63) is 36.5 Å². The van der Waals surface area contributed by atoms with E-state index >= 15 is 0 Å². The van der Waals surface area contributed by atoms with Crippen molar-refractivity contribution in [2.24, 2.45) is 0 Å². The number of hydrogen-bond donors (Lipinski definition) is 2. The molecule has 1 fully saturated rings. The van der Waals surface area contributed by atoms with E-state index in [0.29, 0.717) is 17.9 Å². The Hall–Kier alpha value is -1.28. The van der Waals surface area contributed by atoms with Crippen LogP contribution in [-0.4, -0.2) is 44.5 Å². The van der Waals surface area contributed by atoms with E-state index in [0.717, 1.165) is 23.9 Å². The highest BCUT2D eigenvalue weighted by Crippen LogP contribution is 2.19. The van der Waals surface area contributed by atoms with Gasteiger partial charge in [0.25, 0.3) is 0 Å². The monoisotopic (exact) mass is 389 g/mol. The summed E-state index contributed by atoms with van der Waals surface area (Å²) in [6, 6.07) is 3.93. The lowest BCUT2D eigenvalue weighted by atomic mass is 10.2. The van der Waals surface area contributed by atoms with Gasteiger partial charge in [-0.2, -0.15) is 11.8 Å². The number of anilines is 1. The molecule has 0 aliphatic carbocycles. The van der Waals surface area contributed by atoms with Crippen LogP contribution in [0.4, 0.5) is 5.69 Å². The summed E-state index contributed by atoms with van der Waals surface area (Å²) in [4.78, 5) is 20.8. The van der Waals surface area contributed by atoms with Gasteiger partial charge in [0.1, 0.15) is 5.82 Å². The van der Waals surface area contributed by atoms with Crippen molar-refractivity contribution in [1.82, 2.24) is 19.9 Å². The molecule has 0 saturated carbocycles. The average Bonchev–Trinajstić information content (AvgIpc) is 2.95. The van der Waals surface area contributed by atoms with Gasteiger partial charge in [-0.25, -0.2) is 9.97 Å². The Balaban J connectivity index is 0.00000144. The highest BCUT2D eigenvalue weighted by atomic mass is 35.5. The topological polar surface area (TPSA) is 71.8 Å². The highest BCUT2D eigenvalue weighted by Gasteiger charge is 2.18. The first-order valence-corrected chi connectivity index (χ1v) is 8.46. The summed E-state index contributed by atoms with van der Waals surface area (Å²) in [6.07, 6.45) is 5.75. The summed E-state index contributed by atoms with van der Waals surface area (Å²) in [5, 5.41) is 6.35. The fourth-order valence-electron chi connectivity index (χ4n) is 2.46. The van der Waals surface area contributed by atoms with Crippen molar-refractivity contribution >= 4 is 48.2 Å². The molecule has 0 spiro atoms. The first-order chi connectivity index (χ1) is 10.7. The zero-order chi connectivity index (χ0) is 15.4. The van der Waals surface area contributed by atoms with Crippen molar-refractivity contribution in [2.45, 2.75) is 19.4 Å². The van der Waals surface area contributed by atoms with Crippen LogP contribution >= 0.6 is 36.6 Å². The van der Waals surface area contributed by atoms with E-state index in [-0.39, 0.29) is 36.8 Å². The number of nitrogens with zero attached hydrogens (tertiary/aromatic N) is 3. The third-order valence-electron chi connectivity index (χ3n) is 3.54. The predicted octanol–water partition coefficient (Wildman–Crippen LogP) is 2.45. The molecular weight excluding hydrogens is 369 g/mol. The molecule has 2 aromatic heterocycles. The second-order valence-electron chi connectivity index (χ2n) is 5.20. The van der Waals surface area contributed by atoms with Crippen molar-refractivity contribution in [2.75, 3.05) is 23.4 Å². The van der Waals surface area contributed by atoms with Gasteiger partial charge in [0, 0.05) is 49.1 Å². The Morgan fingerprint density at radius 3 is 2.92 bits per heavy atom. The number of amides is 1. The summed E-state index contributed by atoms with van der Waals surface area (Å²) in [7, 11) is 0. The zero-order valence-corrected chi connectivity index (χ0v) is 15.7. The van der Waals surface area contributed by atoms with Gasteiger partial charge in [-0.15, -0.1) is 24.8 Å². The number of aromatic nitrogens is 3. The van der Waals surface area contributed by atoms with Gasteiger partial charge in [-0.3, -0.25) is 9.36 Å². The van der Waals surface area contributed by atoms with E-state index < -0.39 is 0 Å². The first-order valence-electron chi connectivity index (χ1n) is 7.30. The van der Waals surface area contributed by atoms with E-state index in [9.17, 15) is 4.79 Å². The van der Waals surface area contributed by atoms with Crippen LogP contribution in [-0.2, 0) is 4.79 Å². The number of thioether (sulfide) groups is 1. The molecule has 3 heterocycles. The second-order valence-corrected chi connectivity index (χ2v) is 6.35. The van der Waals surface area contributed by atoms with Crippen molar-refractivity contribution < 1.29 is 4.79 Å². The Kier molecular flexibility index (Phi) is 8.55. The van der Waals surface area contributed by atoms with Crippen LogP contribution in [0.1, 0.15) is 12.2 Å². The quantitative estimate of drug-likeness (QED) is 0.839. The lowest BCUT2D eigenvalue weighted by Gasteiger charge is -2.22. The summed E-state index contributed by atoms with van der Waals surface area (Å²) < 4.78 is 1.87. The average molecular weight is 390 g/mol. The number of carbonyl (C=O) groups is 1. The lowest BCUT2D eigenvalue weighted by Crippen LogP contribution is -2.40. The van der Waals surface area contributed by atoms with Gasteiger partial charge in [-0.1, -0.05) is 0 Å². The van der Waals surface area contributed by atoms with Crippen LogP contribution in [0.5, 0.6) is 0 Å². The molecule has 6 nitrogen and oxygen atoms in total. The maximum Gasteiger partial charge on any atom is 0.226 e. The molecule has 3 rings (SSSR count). The van der Waals surface area contributed by atoms with Crippen LogP contribution in [0.25, 0.3) is 5.82 Å². The van der Waals surface area contributed by atoms with Crippen LogP contribution in [0.15, 0.2) is 30.7 Å². The highest BCUT2D eigenvalue weighted by molar-refractivity contribution is 7.99. The molecule has 1 aliphatic heterocycles. The fourth-order valence-corrected chi connectivity index (χ4v) is 3.41. The molecule has 24 heavy (non-hydrogen) atoms. The maximum atomic E-state index is 12.3. The smallest absolute Gasteiger partial charge is 0.226 e. The molecule has 9 heteroatoms. The number of imidazole rings is 1. The van der Waals surface area contributed by atoms with Gasteiger partial charge in [-0.05, 0) is 19.1 Å². The number of nitrogens with one attached hydrogen (secondary N) is 2. The van der Waals surface area contributed by atoms with E-state index in [1.54, 1.807) is 12.4 Å². The molecule has 1 unspecified atom stereocenters. The molecule has 1 saturated heterocycles. The number of carbonyl (C=O) groups excluding carboxylic acids is 1. The van der Waals surface area contributed by atoms with E-state index in [2.05, 4.69) is 20.6 Å². The second kappa shape index (κ2) is 9.88. The number of rotatable bonds is 4. The van der Waals surface area contributed by atoms with Gasteiger partial charge < -0.3 is 10.6 Å². The minimum absolute atomic E-state index is 0. The summed E-state index contributed by atoms with van der Waals surface area (Å²) >= 11 is 1.89.